The molecule has 7 heteroatoms. The lowest BCUT2D eigenvalue weighted by molar-refractivity contribution is 0.184. The molecule has 1 aliphatic heterocycles. The highest BCUT2D eigenvalue weighted by Crippen LogP contribution is 2.35. The normalized spacial score (nSPS) is 16.1. The third kappa shape index (κ3) is 2.96. The van der Waals surface area contributed by atoms with Gasteiger partial charge in [-0.2, -0.15) is 0 Å². The maximum atomic E-state index is 10.2. The van der Waals surface area contributed by atoms with Crippen LogP contribution in [-0.2, 0) is 0 Å². The molecule has 1 unspecified atom stereocenters. The first kappa shape index (κ1) is 16.7. The molecule has 1 N–H and O–H groups in total. The first-order valence-corrected chi connectivity index (χ1v) is 8.01. The molecule has 4 rings (SSSR count). The molecule has 24 heavy (non-hydrogen) atoms. The van der Waals surface area contributed by atoms with Gasteiger partial charge in [0.2, 0.25) is 0 Å². The molecule has 0 aliphatic carbocycles. The number of thioether (sulfide) groups is 1. The van der Waals surface area contributed by atoms with Gasteiger partial charge in [-0.15, -0.1) is 12.4 Å². The predicted molar refractivity (Wildman–Crippen MR) is 99.9 cm³/mol. The lowest BCUT2D eigenvalue weighted by Crippen LogP contribution is -2.26. The minimum absolute atomic E-state index is 0. The molecular weight excluding hydrogens is 344 g/mol. The summed E-state index contributed by atoms with van der Waals surface area (Å²) in [6, 6.07) is 13.7. The number of rotatable bonds is 1. The quantitative estimate of drug-likeness (QED) is 0.719. The van der Waals surface area contributed by atoms with Crippen LogP contribution in [0.15, 0.2) is 64.9 Å². The summed E-state index contributed by atoms with van der Waals surface area (Å²) < 4.78 is 0. The molecule has 0 spiro atoms. The summed E-state index contributed by atoms with van der Waals surface area (Å²) >= 11 is 1.46. The van der Waals surface area contributed by atoms with Gasteiger partial charge in [-0.3, -0.25) is 4.98 Å². The van der Waals surface area contributed by atoms with Crippen LogP contribution in [0.3, 0.4) is 0 Å². The van der Waals surface area contributed by atoms with Gasteiger partial charge in [0, 0.05) is 36.1 Å². The molecule has 3 heterocycles. The fourth-order valence-electron chi connectivity index (χ4n) is 2.51. The van der Waals surface area contributed by atoms with Crippen molar-refractivity contribution in [3.63, 3.8) is 0 Å². The number of amidine groups is 1. The number of anilines is 1. The van der Waals surface area contributed by atoms with E-state index in [2.05, 4.69) is 21.0 Å². The highest BCUT2D eigenvalue weighted by Gasteiger charge is 2.24. The van der Waals surface area contributed by atoms with Crippen molar-refractivity contribution in [1.82, 2.24) is 9.97 Å². The topological polar surface area (TPSA) is 61.6 Å². The lowest BCUT2D eigenvalue weighted by Gasteiger charge is -2.26. The highest BCUT2D eigenvalue weighted by molar-refractivity contribution is 8.14. The number of hydrogen-bond donors (Lipinski definition) is 1. The van der Waals surface area contributed by atoms with E-state index in [9.17, 15) is 5.11 Å². The highest BCUT2D eigenvalue weighted by atomic mass is 35.5. The Kier molecular flexibility index (Phi) is 4.71. The average molecular weight is 359 g/mol. The fraction of sp³-hybridized carbons (Fsp3) is 0.118. The van der Waals surface area contributed by atoms with Gasteiger partial charge < -0.3 is 10.0 Å². The number of fused-ring (bicyclic) bond motifs is 2. The number of benzene rings is 1. The molecule has 0 bridgehead atoms. The first-order valence-electron chi connectivity index (χ1n) is 7.19. The van der Waals surface area contributed by atoms with E-state index in [1.54, 1.807) is 12.4 Å². The van der Waals surface area contributed by atoms with E-state index >= 15 is 0 Å². The lowest BCUT2D eigenvalue weighted by atomic mass is 10.2. The predicted octanol–water partition coefficient (Wildman–Crippen LogP) is 3.64. The molecule has 0 amide bonds. The van der Waals surface area contributed by atoms with E-state index in [4.69, 9.17) is 0 Å². The summed E-state index contributed by atoms with van der Waals surface area (Å²) in [7, 11) is 1.93. The Labute approximate surface area is 149 Å². The Morgan fingerprint density at radius 1 is 1.08 bits per heavy atom. The second-order valence-electron chi connectivity index (χ2n) is 5.22. The molecule has 0 fully saturated rings. The number of aromatic nitrogens is 2. The monoisotopic (exact) mass is 358 g/mol. The Morgan fingerprint density at radius 2 is 1.88 bits per heavy atom. The van der Waals surface area contributed by atoms with Crippen LogP contribution >= 0.6 is 24.2 Å². The Morgan fingerprint density at radius 3 is 2.75 bits per heavy atom. The van der Waals surface area contributed by atoms with E-state index in [-0.39, 0.29) is 12.4 Å². The number of hydrogen-bond acceptors (Lipinski definition) is 6. The first-order chi connectivity index (χ1) is 11.2. The Balaban J connectivity index is 0.00000169. The molecule has 1 aromatic carbocycles. The summed E-state index contributed by atoms with van der Waals surface area (Å²) in [6.07, 6.45) is 2.63. The number of nitrogens with zero attached hydrogens (tertiary/aromatic N) is 4. The van der Waals surface area contributed by atoms with Gasteiger partial charge in [0.05, 0.1) is 5.52 Å². The van der Waals surface area contributed by atoms with Crippen molar-refractivity contribution >= 4 is 45.9 Å². The molecule has 2 aromatic heterocycles. The summed E-state index contributed by atoms with van der Waals surface area (Å²) in [4.78, 5) is 15.0. The van der Waals surface area contributed by atoms with Crippen LogP contribution in [0.2, 0.25) is 0 Å². The third-order valence-corrected chi connectivity index (χ3v) is 4.86. The second-order valence-corrected chi connectivity index (χ2v) is 6.18. The van der Waals surface area contributed by atoms with E-state index < -0.39 is 6.23 Å². The minimum atomic E-state index is -0.875. The van der Waals surface area contributed by atoms with Crippen molar-refractivity contribution in [3.8, 4) is 0 Å². The van der Waals surface area contributed by atoms with Crippen molar-refractivity contribution in [2.24, 2.45) is 4.99 Å². The van der Waals surface area contributed by atoms with Gasteiger partial charge in [0.1, 0.15) is 5.03 Å². The van der Waals surface area contributed by atoms with Gasteiger partial charge >= 0.3 is 0 Å². The molecule has 0 saturated carbocycles. The van der Waals surface area contributed by atoms with Crippen molar-refractivity contribution in [3.05, 3.63) is 60.4 Å². The van der Waals surface area contributed by atoms with Gasteiger partial charge in [-0.1, -0.05) is 12.1 Å². The third-order valence-electron chi connectivity index (χ3n) is 3.76. The Hall–Kier alpha value is -2.15. The minimum Gasteiger partial charge on any atom is -0.368 e. The molecule has 122 valence electrons. The number of aliphatic imine (C=N–C) groups is 1. The van der Waals surface area contributed by atoms with E-state index in [1.165, 1.54) is 11.8 Å². The number of halogens is 1. The standard InChI is InChI=1S/C17H14N4OS.ClH/c1-21(12-6-7-14-11(10-12)4-2-8-18-14)17-20-15(22)13-5-3-9-19-16(13)23-17;/h2-10,15,22H,1H3;1H. The summed E-state index contributed by atoms with van der Waals surface area (Å²) in [5.74, 6) is 0. The average Bonchev–Trinajstić information content (AvgIpc) is 2.60. The molecule has 1 atom stereocenters. The summed E-state index contributed by atoms with van der Waals surface area (Å²) in [5.41, 5.74) is 2.69. The maximum Gasteiger partial charge on any atom is 0.176 e. The maximum absolute atomic E-state index is 10.2. The fourth-order valence-corrected chi connectivity index (χ4v) is 3.48. The van der Waals surface area contributed by atoms with Gasteiger partial charge in [0.15, 0.2) is 11.4 Å². The number of pyridine rings is 2. The second kappa shape index (κ2) is 6.76. The zero-order valence-electron chi connectivity index (χ0n) is 12.8. The largest absolute Gasteiger partial charge is 0.368 e. The van der Waals surface area contributed by atoms with E-state index in [0.717, 1.165) is 27.2 Å². The summed E-state index contributed by atoms with van der Waals surface area (Å²) in [6.45, 7) is 0. The van der Waals surface area contributed by atoms with Crippen LogP contribution in [-0.4, -0.2) is 27.3 Å². The van der Waals surface area contributed by atoms with Crippen molar-refractivity contribution in [2.75, 3.05) is 11.9 Å². The number of aliphatic hydroxyl groups is 1. The van der Waals surface area contributed by atoms with Crippen molar-refractivity contribution < 1.29 is 5.11 Å². The van der Waals surface area contributed by atoms with Crippen LogP contribution in [0, 0.1) is 0 Å². The number of aliphatic hydroxyl groups excluding tert-OH is 1. The van der Waals surface area contributed by atoms with Crippen LogP contribution in [0.4, 0.5) is 5.69 Å². The van der Waals surface area contributed by atoms with Crippen molar-refractivity contribution in [2.45, 2.75) is 11.3 Å². The molecule has 0 radical (unpaired) electrons. The molecule has 3 aromatic rings. The molecule has 5 nitrogen and oxygen atoms in total. The van der Waals surface area contributed by atoms with E-state index in [1.807, 2.05) is 48.3 Å². The SMILES string of the molecule is CN(C1=NC(O)c2cccnc2S1)c1ccc2ncccc2c1.Cl. The van der Waals surface area contributed by atoms with Crippen LogP contribution in [0.1, 0.15) is 11.8 Å². The zero-order chi connectivity index (χ0) is 15.8. The van der Waals surface area contributed by atoms with Crippen LogP contribution < -0.4 is 4.90 Å². The van der Waals surface area contributed by atoms with Gasteiger partial charge in [-0.25, -0.2) is 9.98 Å². The van der Waals surface area contributed by atoms with Crippen LogP contribution in [0.25, 0.3) is 10.9 Å². The summed E-state index contributed by atoms with van der Waals surface area (Å²) in [5, 5.41) is 12.8. The Bertz CT molecular complexity index is 918. The molecular formula is C17H15ClN4OS. The molecule has 1 aliphatic rings. The van der Waals surface area contributed by atoms with Crippen LogP contribution in [0.5, 0.6) is 0 Å². The van der Waals surface area contributed by atoms with Gasteiger partial charge in [-0.05, 0) is 42.1 Å². The van der Waals surface area contributed by atoms with E-state index in [0.29, 0.717) is 5.17 Å². The smallest absolute Gasteiger partial charge is 0.176 e. The van der Waals surface area contributed by atoms with Crippen molar-refractivity contribution in [1.29, 1.82) is 0 Å². The molecule has 0 saturated heterocycles. The zero-order valence-corrected chi connectivity index (χ0v) is 14.5. The van der Waals surface area contributed by atoms with Gasteiger partial charge in [0.25, 0.3) is 0 Å².